The van der Waals surface area contributed by atoms with Crippen LogP contribution in [0.3, 0.4) is 0 Å². The third-order valence-electron chi connectivity index (χ3n) is 9.06. The number of esters is 1. The molecule has 5 nitrogen and oxygen atoms in total. The lowest BCUT2D eigenvalue weighted by molar-refractivity contribution is -0.148. The van der Waals surface area contributed by atoms with Gasteiger partial charge in [0, 0.05) is 17.5 Å². The van der Waals surface area contributed by atoms with Crippen LogP contribution in [0.2, 0.25) is 5.02 Å². The second-order valence-electron chi connectivity index (χ2n) is 12.0. The molecule has 1 heterocycles. The zero-order valence-corrected chi connectivity index (χ0v) is 25.3. The number of nitrogens with zero attached hydrogens (tertiary/aromatic N) is 1. The molecular formula is C34H39ClFNO4. The van der Waals surface area contributed by atoms with E-state index >= 15 is 4.39 Å². The molecule has 0 saturated heterocycles. The van der Waals surface area contributed by atoms with E-state index in [9.17, 15) is 4.79 Å². The Kier molecular flexibility index (Phi) is 8.60. The largest absolute Gasteiger partial charge is 0.486 e. The summed E-state index contributed by atoms with van der Waals surface area (Å²) < 4.78 is 32.6. The average molecular weight is 580 g/mol. The van der Waals surface area contributed by atoms with Gasteiger partial charge in [0.05, 0.1) is 30.9 Å². The first-order valence-corrected chi connectivity index (χ1v) is 15.0. The van der Waals surface area contributed by atoms with Crippen molar-refractivity contribution in [1.29, 1.82) is 0 Å². The number of rotatable bonds is 9. The summed E-state index contributed by atoms with van der Waals surface area (Å²) in [5, 5.41) is 0.568. The van der Waals surface area contributed by atoms with Crippen LogP contribution in [-0.4, -0.2) is 24.7 Å². The Balaban J connectivity index is 1.45. The van der Waals surface area contributed by atoms with Crippen LogP contribution < -0.4 is 9.47 Å². The van der Waals surface area contributed by atoms with Crippen molar-refractivity contribution >= 4 is 17.6 Å². The SMILES string of the molecule is CCOC(=O)[C@@H](C)C1CCc2ccc(OCc3ccc(-c4cc(OC)ncc4Cl)c(C4CCCC4(C)C)c3)c(F)c21. The molecule has 7 heteroatoms. The average Bonchev–Trinajstić information content (AvgIpc) is 3.55. The number of ether oxygens (including phenoxy) is 3. The Labute approximate surface area is 247 Å². The number of carbonyl (C=O) groups is 1. The highest BCUT2D eigenvalue weighted by Gasteiger charge is 2.38. The van der Waals surface area contributed by atoms with Crippen LogP contribution in [0.1, 0.15) is 87.5 Å². The lowest BCUT2D eigenvalue weighted by Crippen LogP contribution is -2.21. The lowest BCUT2D eigenvalue weighted by Gasteiger charge is -2.30. The van der Waals surface area contributed by atoms with Gasteiger partial charge in [0.1, 0.15) is 6.61 Å². The Morgan fingerprint density at radius 1 is 1.17 bits per heavy atom. The van der Waals surface area contributed by atoms with Crippen LogP contribution in [0.4, 0.5) is 4.39 Å². The summed E-state index contributed by atoms with van der Waals surface area (Å²) in [5.41, 5.74) is 5.77. The van der Waals surface area contributed by atoms with Crippen molar-refractivity contribution in [3.05, 3.63) is 75.7 Å². The van der Waals surface area contributed by atoms with Crippen LogP contribution in [0.5, 0.6) is 11.6 Å². The van der Waals surface area contributed by atoms with E-state index in [0.717, 1.165) is 54.4 Å². The Hall–Kier alpha value is -3.12. The molecule has 3 aromatic rings. The summed E-state index contributed by atoms with van der Waals surface area (Å²) >= 11 is 6.64. The van der Waals surface area contributed by atoms with Gasteiger partial charge in [0.15, 0.2) is 11.6 Å². The van der Waals surface area contributed by atoms with Crippen LogP contribution >= 0.6 is 11.6 Å². The van der Waals surface area contributed by atoms with Gasteiger partial charge < -0.3 is 14.2 Å². The van der Waals surface area contributed by atoms with Gasteiger partial charge in [-0.1, -0.05) is 63.1 Å². The molecule has 1 fully saturated rings. The molecule has 0 spiro atoms. The van der Waals surface area contributed by atoms with E-state index in [1.54, 1.807) is 26.3 Å². The van der Waals surface area contributed by atoms with E-state index in [1.165, 1.54) is 5.56 Å². The summed E-state index contributed by atoms with van der Waals surface area (Å²) in [6, 6.07) is 11.8. The summed E-state index contributed by atoms with van der Waals surface area (Å²) in [7, 11) is 1.60. The van der Waals surface area contributed by atoms with E-state index in [1.807, 2.05) is 25.1 Å². The highest BCUT2D eigenvalue weighted by molar-refractivity contribution is 6.33. The van der Waals surface area contributed by atoms with E-state index in [4.69, 9.17) is 25.8 Å². The molecule has 0 N–H and O–H groups in total. The van der Waals surface area contributed by atoms with Gasteiger partial charge in [0.2, 0.25) is 5.88 Å². The minimum atomic E-state index is -0.413. The maximum absolute atomic E-state index is 15.9. The topological polar surface area (TPSA) is 57.7 Å². The van der Waals surface area contributed by atoms with E-state index < -0.39 is 5.92 Å². The Morgan fingerprint density at radius 3 is 2.68 bits per heavy atom. The molecule has 2 unspecified atom stereocenters. The molecule has 0 aliphatic heterocycles. The van der Waals surface area contributed by atoms with Crippen LogP contribution in [-0.2, 0) is 22.6 Å². The highest BCUT2D eigenvalue weighted by atomic mass is 35.5. The molecule has 41 heavy (non-hydrogen) atoms. The Morgan fingerprint density at radius 2 is 1.98 bits per heavy atom. The van der Waals surface area contributed by atoms with Gasteiger partial charge in [-0.3, -0.25) is 4.79 Å². The minimum absolute atomic E-state index is 0.133. The maximum atomic E-state index is 15.9. The molecule has 0 radical (unpaired) electrons. The molecule has 218 valence electrons. The van der Waals surface area contributed by atoms with E-state index in [-0.39, 0.29) is 35.5 Å². The van der Waals surface area contributed by atoms with Crippen molar-refractivity contribution in [2.45, 2.75) is 78.2 Å². The molecule has 5 rings (SSSR count). The first kappa shape index (κ1) is 29.4. The third kappa shape index (κ3) is 5.81. The summed E-state index contributed by atoms with van der Waals surface area (Å²) in [4.78, 5) is 16.7. The van der Waals surface area contributed by atoms with E-state index in [2.05, 4.69) is 31.0 Å². The van der Waals surface area contributed by atoms with Crippen molar-refractivity contribution in [1.82, 2.24) is 4.98 Å². The summed E-state index contributed by atoms with van der Waals surface area (Å²) in [5.74, 6) is -0.225. The standard InChI is InChI=1S/C34H39ClFNO4/c1-6-40-33(38)20(2)23-13-10-22-11-14-29(32(36)31(22)23)41-19-21-9-12-24(26-17-30(39-5)37-18-28(26)35)25(16-21)27-8-7-15-34(27,3)4/h9,11-12,14,16-18,20,23,27H,6-8,10,13,15,19H2,1-5H3/t20-,23?,27?/m0/s1. The maximum Gasteiger partial charge on any atom is 0.309 e. The molecule has 0 amide bonds. The van der Waals surface area contributed by atoms with Crippen molar-refractivity contribution in [2.24, 2.45) is 11.3 Å². The fourth-order valence-electron chi connectivity index (χ4n) is 6.77. The van der Waals surface area contributed by atoms with Gasteiger partial charge in [0.25, 0.3) is 0 Å². The van der Waals surface area contributed by atoms with Gasteiger partial charge in [-0.05, 0) is 77.8 Å². The van der Waals surface area contributed by atoms with Gasteiger partial charge in [-0.15, -0.1) is 0 Å². The number of aryl methyl sites for hydroxylation is 1. The van der Waals surface area contributed by atoms with Crippen molar-refractivity contribution in [2.75, 3.05) is 13.7 Å². The number of hydrogen-bond donors (Lipinski definition) is 0. The second kappa shape index (κ2) is 12.0. The van der Waals surface area contributed by atoms with Crippen molar-refractivity contribution in [3.8, 4) is 22.8 Å². The van der Waals surface area contributed by atoms with Gasteiger partial charge in [-0.25, -0.2) is 9.37 Å². The second-order valence-corrected chi connectivity index (χ2v) is 12.4. The fraction of sp³-hybridized carbons (Fsp3) is 0.471. The molecule has 3 atom stereocenters. The molecule has 0 bridgehead atoms. The van der Waals surface area contributed by atoms with Gasteiger partial charge >= 0.3 is 5.97 Å². The Bertz CT molecular complexity index is 1440. The monoisotopic (exact) mass is 579 g/mol. The number of methoxy groups -OCH3 is 1. The van der Waals surface area contributed by atoms with Crippen LogP contribution in [0.25, 0.3) is 11.1 Å². The number of carbonyl (C=O) groups excluding carboxylic acids is 1. The number of halogens is 2. The number of aromatic nitrogens is 1. The molecule has 2 aliphatic carbocycles. The van der Waals surface area contributed by atoms with Crippen molar-refractivity contribution in [3.63, 3.8) is 0 Å². The number of pyridine rings is 1. The van der Waals surface area contributed by atoms with Gasteiger partial charge in [-0.2, -0.15) is 0 Å². The lowest BCUT2D eigenvalue weighted by atomic mass is 9.75. The normalized spacial score (nSPS) is 20.0. The zero-order valence-electron chi connectivity index (χ0n) is 24.6. The third-order valence-corrected chi connectivity index (χ3v) is 9.37. The van der Waals surface area contributed by atoms with E-state index in [0.29, 0.717) is 29.0 Å². The first-order valence-electron chi connectivity index (χ1n) is 14.6. The molecule has 1 aromatic heterocycles. The first-order chi connectivity index (χ1) is 19.6. The highest BCUT2D eigenvalue weighted by Crippen LogP contribution is 2.52. The number of benzene rings is 2. The molecular weight excluding hydrogens is 541 g/mol. The smallest absolute Gasteiger partial charge is 0.309 e. The predicted octanol–water partition coefficient (Wildman–Crippen LogP) is 8.65. The molecule has 2 aromatic carbocycles. The zero-order chi connectivity index (χ0) is 29.3. The molecule has 1 saturated carbocycles. The van der Waals surface area contributed by atoms with Crippen LogP contribution in [0.15, 0.2) is 42.6 Å². The van der Waals surface area contributed by atoms with Crippen LogP contribution in [0, 0.1) is 17.2 Å². The summed E-state index contributed by atoms with van der Waals surface area (Å²) in [6.45, 7) is 8.78. The number of fused-ring (bicyclic) bond motifs is 1. The number of hydrogen-bond acceptors (Lipinski definition) is 5. The minimum Gasteiger partial charge on any atom is -0.486 e. The van der Waals surface area contributed by atoms with Crippen molar-refractivity contribution < 1.29 is 23.4 Å². The predicted molar refractivity (Wildman–Crippen MR) is 159 cm³/mol. The fourth-order valence-corrected chi connectivity index (χ4v) is 6.98. The quantitative estimate of drug-likeness (QED) is 0.237. The molecule has 2 aliphatic rings. The summed E-state index contributed by atoms with van der Waals surface area (Å²) in [6.07, 6.45) is 6.49.